The summed E-state index contributed by atoms with van der Waals surface area (Å²) in [7, 11) is 0. The van der Waals surface area contributed by atoms with Gasteiger partial charge in [-0.15, -0.1) is 11.6 Å². The second-order valence-electron chi connectivity index (χ2n) is 4.20. The van der Waals surface area contributed by atoms with Crippen LogP contribution in [0.5, 0.6) is 0 Å². The summed E-state index contributed by atoms with van der Waals surface area (Å²) >= 11 is 5.80. The van der Waals surface area contributed by atoms with Crippen LogP contribution >= 0.6 is 11.6 Å². The summed E-state index contributed by atoms with van der Waals surface area (Å²) in [5, 5.41) is 8.80. The van der Waals surface area contributed by atoms with Crippen molar-refractivity contribution in [1.29, 1.82) is 5.26 Å². The third kappa shape index (κ3) is 3.49. The van der Waals surface area contributed by atoms with Gasteiger partial charge in [0, 0.05) is 23.8 Å². The SMILES string of the molecule is N#CCCN(c1ccccc1)c1ccc(CCl)cc1. The van der Waals surface area contributed by atoms with Crippen LogP contribution < -0.4 is 4.90 Å². The highest BCUT2D eigenvalue weighted by atomic mass is 35.5. The van der Waals surface area contributed by atoms with Crippen LogP contribution in [0.1, 0.15) is 12.0 Å². The number of benzene rings is 2. The molecule has 2 aromatic rings. The van der Waals surface area contributed by atoms with E-state index in [4.69, 9.17) is 16.9 Å². The van der Waals surface area contributed by atoms with E-state index in [2.05, 4.69) is 11.0 Å². The molecular formula is C16H15ClN2. The van der Waals surface area contributed by atoms with Crippen molar-refractivity contribution in [3.63, 3.8) is 0 Å². The van der Waals surface area contributed by atoms with E-state index in [-0.39, 0.29) is 0 Å². The Hall–Kier alpha value is -1.98. The van der Waals surface area contributed by atoms with Crippen LogP contribution in [0.3, 0.4) is 0 Å². The minimum atomic E-state index is 0.492. The van der Waals surface area contributed by atoms with E-state index in [1.54, 1.807) is 0 Å². The average molecular weight is 271 g/mol. The molecule has 0 radical (unpaired) electrons. The first-order valence-corrected chi connectivity index (χ1v) is 6.73. The molecule has 0 N–H and O–H groups in total. The van der Waals surface area contributed by atoms with Gasteiger partial charge in [-0.2, -0.15) is 5.26 Å². The van der Waals surface area contributed by atoms with E-state index in [1.165, 1.54) is 0 Å². The van der Waals surface area contributed by atoms with E-state index >= 15 is 0 Å². The molecule has 2 nitrogen and oxygen atoms in total. The first-order valence-electron chi connectivity index (χ1n) is 6.19. The number of rotatable bonds is 5. The van der Waals surface area contributed by atoms with Gasteiger partial charge in [0.05, 0.1) is 12.5 Å². The van der Waals surface area contributed by atoms with Crippen molar-refractivity contribution >= 4 is 23.0 Å². The number of hydrogen-bond acceptors (Lipinski definition) is 2. The summed E-state index contributed by atoms with van der Waals surface area (Å²) in [4.78, 5) is 2.14. The van der Waals surface area contributed by atoms with E-state index in [1.807, 2.05) is 54.6 Å². The first kappa shape index (κ1) is 13.5. The smallest absolute Gasteiger partial charge is 0.0640 e. The Morgan fingerprint density at radius 1 is 0.947 bits per heavy atom. The molecule has 0 aromatic heterocycles. The molecule has 19 heavy (non-hydrogen) atoms. The predicted molar refractivity (Wildman–Crippen MR) is 79.7 cm³/mol. The van der Waals surface area contributed by atoms with Crippen molar-refractivity contribution in [2.75, 3.05) is 11.4 Å². The summed E-state index contributed by atoms with van der Waals surface area (Å²) < 4.78 is 0. The quantitative estimate of drug-likeness (QED) is 0.749. The summed E-state index contributed by atoms with van der Waals surface area (Å²) in [5.41, 5.74) is 3.27. The van der Waals surface area contributed by atoms with Gasteiger partial charge in [0.25, 0.3) is 0 Å². The fourth-order valence-corrected chi connectivity index (χ4v) is 2.12. The second kappa shape index (κ2) is 6.82. The predicted octanol–water partition coefficient (Wildman–Crippen LogP) is 4.48. The number of nitriles is 1. The van der Waals surface area contributed by atoms with Gasteiger partial charge in [0.1, 0.15) is 0 Å². The maximum atomic E-state index is 8.80. The largest absolute Gasteiger partial charge is 0.340 e. The van der Waals surface area contributed by atoms with Gasteiger partial charge in [-0.3, -0.25) is 0 Å². The van der Waals surface area contributed by atoms with Crippen molar-refractivity contribution in [3.05, 3.63) is 60.2 Å². The van der Waals surface area contributed by atoms with Crippen LogP contribution in [0.25, 0.3) is 0 Å². The highest BCUT2D eigenvalue weighted by Crippen LogP contribution is 2.25. The maximum absolute atomic E-state index is 8.80. The fraction of sp³-hybridized carbons (Fsp3) is 0.188. The Bertz CT molecular complexity index is 543. The minimum absolute atomic E-state index is 0.492. The molecule has 96 valence electrons. The number of hydrogen-bond donors (Lipinski definition) is 0. The Morgan fingerprint density at radius 2 is 1.58 bits per heavy atom. The molecule has 0 fully saturated rings. The van der Waals surface area contributed by atoms with Crippen LogP contribution in [-0.4, -0.2) is 6.54 Å². The normalized spacial score (nSPS) is 9.89. The highest BCUT2D eigenvalue weighted by Gasteiger charge is 2.08. The molecule has 0 aliphatic carbocycles. The standard InChI is InChI=1S/C16H15ClN2/c17-13-14-7-9-16(10-8-14)19(12-4-11-18)15-5-2-1-3-6-15/h1-3,5-10H,4,12-13H2. The number of para-hydroxylation sites is 1. The molecule has 0 spiro atoms. The van der Waals surface area contributed by atoms with E-state index in [0.29, 0.717) is 18.8 Å². The molecule has 0 bridgehead atoms. The average Bonchev–Trinajstić information content (AvgIpc) is 2.49. The van der Waals surface area contributed by atoms with Crippen LogP contribution in [0, 0.1) is 11.3 Å². The summed E-state index contributed by atoms with van der Waals surface area (Å²) in [5.74, 6) is 0.518. The zero-order valence-corrected chi connectivity index (χ0v) is 11.3. The zero-order chi connectivity index (χ0) is 13.5. The summed E-state index contributed by atoms with van der Waals surface area (Å²) in [6.07, 6.45) is 0.492. The molecule has 2 rings (SSSR count). The van der Waals surface area contributed by atoms with Crippen molar-refractivity contribution < 1.29 is 0 Å². The second-order valence-corrected chi connectivity index (χ2v) is 4.46. The van der Waals surface area contributed by atoms with Gasteiger partial charge in [-0.05, 0) is 29.8 Å². The third-order valence-corrected chi connectivity index (χ3v) is 3.23. The van der Waals surface area contributed by atoms with Gasteiger partial charge in [-0.25, -0.2) is 0 Å². The lowest BCUT2D eigenvalue weighted by atomic mass is 10.2. The molecule has 3 heteroatoms. The molecular weight excluding hydrogens is 256 g/mol. The molecule has 0 heterocycles. The molecule has 0 atom stereocenters. The van der Waals surface area contributed by atoms with Crippen molar-refractivity contribution in [2.24, 2.45) is 0 Å². The molecule has 0 saturated heterocycles. The number of nitrogens with zero attached hydrogens (tertiary/aromatic N) is 2. The van der Waals surface area contributed by atoms with Gasteiger partial charge >= 0.3 is 0 Å². The van der Waals surface area contributed by atoms with Gasteiger partial charge in [0.15, 0.2) is 0 Å². The van der Waals surface area contributed by atoms with Gasteiger partial charge in [-0.1, -0.05) is 30.3 Å². The number of halogens is 1. The lowest BCUT2D eigenvalue weighted by Gasteiger charge is -2.24. The van der Waals surface area contributed by atoms with Crippen LogP contribution in [0.2, 0.25) is 0 Å². The maximum Gasteiger partial charge on any atom is 0.0640 e. The minimum Gasteiger partial charge on any atom is -0.340 e. The van der Waals surface area contributed by atoms with Crippen molar-refractivity contribution in [2.45, 2.75) is 12.3 Å². The third-order valence-electron chi connectivity index (χ3n) is 2.92. The monoisotopic (exact) mass is 270 g/mol. The number of alkyl halides is 1. The van der Waals surface area contributed by atoms with Gasteiger partial charge in [0.2, 0.25) is 0 Å². The Kier molecular flexibility index (Phi) is 4.83. The molecule has 0 saturated carbocycles. The van der Waals surface area contributed by atoms with Crippen molar-refractivity contribution in [1.82, 2.24) is 0 Å². The van der Waals surface area contributed by atoms with E-state index in [9.17, 15) is 0 Å². The first-order chi connectivity index (χ1) is 9.35. The highest BCUT2D eigenvalue weighted by molar-refractivity contribution is 6.17. The Morgan fingerprint density at radius 3 is 2.16 bits per heavy atom. The zero-order valence-electron chi connectivity index (χ0n) is 10.6. The molecule has 0 unspecified atom stereocenters. The van der Waals surface area contributed by atoms with Crippen LogP contribution in [0.15, 0.2) is 54.6 Å². The van der Waals surface area contributed by atoms with E-state index in [0.717, 1.165) is 16.9 Å². The lowest BCUT2D eigenvalue weighted by Crippen LogP contribution is -2.17. The lowest BCUT2D eigenvalue weighted by molar-refractivity contribution is 0.948. The Balaban J connectivity index is 2.29. The summed E-state index contributed by atoms with van der Waals surface area (Å²) in [6, 6.07) is 20.4. The molecule has 2 aromatic carbocycles. The van der Waals surface area contributed by atoms with E-state index < -0.39 is 0 Å². The number of anilines is 2. The molecule has 0 aliphatic rings. The molecule has 0 aliphatic heterocycles. The van der Waals surface area contributed by atoms with Crippen LogP contribution in [-0.2, 0) is 5.88 Å². The van der Waals surface area contributed by atoms with Gasteiger partial charge < -0.3 is 4.90 Å². The van der Waals surface area contributed by atoms with Crippen LogP contribution in [0.4, 0.5) is 11.4 Å². The van der Waals surface area contributed by atoms with Crippen molar-refractivity contribution in [3.8, 4) is 6.07 Å². The summed E-state index contributed by atoms with van der Waals surface area (Å²) in [6.45, 7) is 0.681. The fourth-order valence-electron chi connectivity index (χ4n) is 1.94. The molecule has 0 amide bonds. The Labute approximate surface area is 118 Å². The topological polar surface area (TPSA) is 27.0 Å².